The van der Waals surface area contributed by atoms with Crippen LogP contribution in [0.25, 0.3) is 0 Å². The number of nitrogens with zero attached hydrogens (tertiary/aromatic N) is 2. The second-order valence-electron chi connectivity index (χ2n) is 8.67. The van der Waals surface area contributed by atoms with Crippen LogP contribution in [0.1, 0.15) is 54.2 Å². The fraction of sp³-hybridized carbons (Fsp3) is 0.520. The van der Waals surface area contributed by atoms with Crippen molar-refractivity contribution in [3.63, 3.8) is 0 Å². The van der Waals surface area contributed by atoms with E-state index in [2.05, 4.69) is 12.1 Å². The van der Waals surface area contributed by atoms with E-state index in [0.29, 0.717) is 25.3 Å². The van der Waals surface area contributed by atoms with E-state index in [-0.39, 0.29) is 24.3 Å². The van der Waals surface area contributed by atoms with Gasteiger partial charge >= 0.3 is 5.97 Å². The maximum atomic E-state index is 14.1. The number of aliphatic carboxylic acids is 1. The van der Waals surface area contributed by atoms with Crippen LogP contribution in [-0.4, -0.2) is 53.9 Å². The summed E-state index contributed by atoms with van der Waals surface area (Å²) in [4.78, 5) is 18.2. The van der Waals surface area contributed by atoms with Gasteiger partial charge in [0.25, 0.3) is 0 Å². The zero-order valence-corrected chi connectivity index (χ0v) is 18.6. The van der Waals surface area contributed by atoms with Gasteiger partial charge in [0.1, 0.15) is 0 Å². The van der Waals surface area contributed by atoms with Gasteiger partial charge < -0.3 is 14.6 Å². The topological polar surface area (TPSA) is 71.9 Å². The number of benzene rings is 1. The lowest BCUT2D eigenvalue weighted by Gasteiger charge is -2.43. The van der Waals surface area contributed by atoms with Crippen LogP contribution in [-0.2, 0) is 28.8 Å². The highest BCUT2D eigenvalue weighted by Crippen LogP contribution is 2.32. The Labute approximate surface area is 188 Å². The second kappa shape index (κ2) is 10.4. The molecule has 1 aliphatic heterocycles. The number of ether oxygens (including phenoxy) is 2. The average Bonchev–Trinajstić information content (AvgIpc) is 2.76. The average molecular weight is 443 g/mol. The van der Waals surface area contributed by atoms with E-state index in [0.717, 1.165) is 31.4 Å². The fourth-order valence-corrected chi connectivity index (χ4v) is 4.61. The number of carboxylic acids is 1. The highest BCUT2D eigenvalue weighted by atomic mass is 19.1. The number of pyridine rings is 1. The summed E-state index contributed by atoms with van der Waals surface area (Å²) >= 11 is 0. The van der Waals surface area contributed by atoms with Gasteiger partial charge in [-0.1, -0.05) is 12.1 Å². The molecular formula is C25H31FN2O4. The molecule has 1 atom stereocenters. The predicted octanol–water partition coefficient (Wildman–Crippen LogP) is 3.96. The van der Waals surface area contributed by atoms with Crippen molar-refractivity contribution >= 4 is 5.97 Å². The van der Waals surface area contributed by atoms with E-state index in [1.807, 2.05) is 4.90 Å². The number of aryl methyl sites for hydroxylation is 3. The van der Waals surface area contributed by atoms with Crippen LogP contribution in [0.4, 0.5) is 4.39 Å². The summed E-state index contributed by atoms with van der Waals surface area (Å²) < 4.78 is 25.1. The summed E-state index contributed by atoms with van der Waals surface area (Å²) in [6, 6.07) is 8.63. The number of hydrogen-bond donors (Lipinski definition) is 1. The molecular weight excluding hydrogens is 411 g/mol. The third-order valence-corrected chi connectivity index (χ3v) is 6.41. The zero-order chi connectivity index (χ0) is 22.5. The van der Waals surface area contributed by atoms with Gasteiger partial charge in [0, 0.05) is 37.1 Å². The fourth-order valence-electron chi connectivity index (χ4n) is 4.61. The number of halogens is 1. The number of rotatable bonds is 10. The summed E-state index contributed by atoms with van der Waals surface area (Å²) in [6.07, 6.45) is 6.54. The normalized spacial score (nSPS) is 17.4. The Balaban J connectivity index is 1.24. The number of aromatic nitrogens is 1. The van der Waals surface area contributed by atoms with Crippen LogP contribution >= 0.6 is 0 Å². The third-order valence-electron chi connectivity index (χ3n) is 6.41. The van der Waals surface area contributed by atoms with Gasteiger partial charge in [-0.25, -0.2) is 4.39 Å². The molecule has 0 amide bonds. The van der Waals surface area contributed by atoms with Gasteiger partial charge in [0.05, 0.1) is 19.6 Å². The van der Waals surface area contributed by atoms with Crippen LogP contribution in [0.5, 0.6) is 5.75 Å². The molecule has 2 heterocycles. The summed E-state index contributed by atoms with van der Waals surface area (Å²) in [5.74, 6) is -1.24. The first-order valence-electron chi connectivity index (χ1n) is 11.4. The summed E-state index contributed by atoms with van der Waals surface area (Å²) in [5, 5.41) is 9.32. The SMILES string of the molecule is COc1ccc([C@@H](CC(=O)O)N2CC(OCCCc3ccc4c(n3)CCCC4)C2)cc1F. The Morgan fingerprint density at radius 2 is 2.06 bits per heavy atom. The maximum absolute atomic E-state index is 14.1. The van der Waals surface area contributed by atoms with Crippen molar-refractivity contribution in [2.24, 2.45) is 0 Å². The quantitative estimate of drug-likeness (QED) is 0.562. The van der Waals surface area contributed by atoms with Crippen LogP contribution < -0.4 is 4.74 Å². The molecule has 0 radical (unpaired) electrons. The first kappa shape index (κ1) is 22.7. The molecule has 1 fully saturated rings. The lowest BCUT2D eigenvalue weighted by molar-refractivity contribution is -0.140. The molecule has 172 valence electrons. The van der Waals surface area contributed by atoms with E-state index in [9.17, 15) is 14.3 Å². The highest BCUT2D eigenvalue weighted by molar-refractivity contribution is 5.68. The minimum absolute atomic E-state index is 0.0749. The smallest absolute Gasteiger partial charge is 0.305 e. The minimum Gasteiger partial charge on any atom is -0.494 e. The predicted molar refractivity (Wildman–Crippen MR) is 118 cm³/mol. The van der Waals surface area contributed by atoms with E-state index < -0.39 is 11.8 Å². The molecule has 1 aliphatic carbocycles. The number of fused-ring (bicyclic) bond motifs is 1. The highest BCUT2D eigenvalue weighted by Gasteiger charge is 2.35. The number of carbonyl (C=O) groups is 1. The van der Waals surface area contributed by atoms with Crippen molar-refractivity contribution in [2.75, 3.05) is 26.8 Å². The van der Waals surface area contributed by atoms with Crippen LogP contribution in [0.3, 0.4) is 0 Å². The monoisotopic (exact) mass is 442 g/mol. The van der Waals surface area contributed by atoms with Crippen molar-refractivity contribution < 1.29 is 23.8 Å². The first-order chi connectivity index (χ1) is 15.5. The lowest BCUT2D eigenvalue weighted by atomic mass is 9.95. The molecule has 0 spiro atoms. The van der Waals surface area contributed by atoms with Gasteiger partial charge in [0.2, 0.25) is 0 Å². The van der Waals surface area contributed by atoms with E-state index in [1.54, 1.807) is 12.1 Å². The molecule has 1 aromatic heterocycles. The summed E-state index contributed by atoms with van der Waals surface area (Å²) in [5.41, 5.74) is 4.44. The number of hydrogen-bond acceptors (Lipinski definition) is 5. The largest absolute Gasteiger partial charge is 0.494 e. The first-order valence-corrected chi connectivity index (χ1v) is 11.4. The number of methoxy groups -OCH3 is 1. The lowest BCUT2D eigenvalue weighted by Crippen LogP contribution is -2.53. The summed E-state index contributed by atoms with van der Waals surface area (Å²) in [6.45, 7) is 1.93. The minimum atomic E-state index is -0.909. The Morgan fingerprint density at radius 1 is 1.25 bits per heavy atom. The Hall–Kier alpha value is -2.51. The maximum Gasteiger partial charge on any atom is 0.305 e. The molecule has 0 bridgehead atoms. The molecule has 2 aromatic rings. The molecule has 1 N–H and O–H groups in total. The van der Waals surface area contributed by atoms with Crippen molar-refractivity contribution in [2.45, 2.75) is 57.1 Å². The van der Waals surface area contributed by atoms with Gasteiger partial charge in [-0.15, -0.1) is 0 Å². The molecule has 0 saturated carbocycles. The molecule has 1 saturated heterocycles. The number of carboxylic acid groups (broad SMARTS) is 1. The number of likely N-dealkylation sites (tertiary alicyclic amines) is 1. The Kier molecular flexibility index (Phi) is 7.37. The molecule has 7 heteroatoms. The van der Waals surface area contributed by atoms with Crippen molar-refractivity contribution in [3.05, 3.63) is 58.7 Å². The van der Waals surface area contributed by atoms with Crippen molar-refractivity contribution in [1.82, 2.24) is 9.88 Å². The Morgan fingerprint density at radius 3 is 2.81 bits per heavy atom. The van der Waals surface area contributed by atoms with Gasteiger partial charge in [-0.2, -0.15) is 0 Å². The third kappa shape index (κ3) is 5.45. The van der Waals surface area contributed by atoms with Gasteiger partial charge in [-0.05, 0) is 67.9 Å². The standard InChI is InChI=1S/C25H31FN2O4/c1-31-24-11-9-18(13-21(24)26)23(14-25(29)30)28-15-20(16-28)32-12-4-6-19-10-8-17-5-2-3-7-22(17)27-19/h8-11,13,20,23H,2-7,12,14-16H2,1H3,(H,29,30)/t23-/m1/s1. The molecule has 32 heavy (non-hydrogen) atoms. The van der Waals surface area contributed by atoms with E-state index >= 15 is 0 Å². The van der Waals surface area contributed by atoms with Crippen LogP contribution in [0, 0.1) is 5.82 Å². The van der Waals surface area contributed by atoms with Gasteiger partial charge in [-0.3, -0.25) is 14.7 Å². The van der Waals surface area contributed by atoms with Crippen LogP contribution in [0.15, 0.2) is 30.3 Å². The zero-order valence-electron chi connectivity index (χ0n) is 18.6. The molecule has 2 aliphatic rings. The van der Waals surface area contributed by atoms with Crippen LogP contribution in [0.2, 0.25) is 0 Å². The molecule has 6 nitrogen and oxygen atoms in total. The Bertz CT molecular complexity index is 946. The van der Waals surface area contributed by atoms with E-state index in [4.69, 9.17) is 14.5 Å². The van der Waals surface area contributed by atoms with E-state index in [1.165, 1.54) is 37.3 Å². The molecule has 4 rings (SSSR count). The second-order valence-corrected chi connectivity index (χ2v) is 8.67. The molecule has 0 unspecified atom stereocenters. The van der Waals surface area contributed by atoms with Crippen molar-refractivity contribution in [3.8, 4) is 5.75 Å². The molecule has 1 aromatic carbocycles. The van der Waals surface area contributed by atoms with Gasteiger partial charge in [0.15, 0.2) is 11.6 Å². The van der Waals surface area contributed by atoms with Crippen molar-refractivity contribution in [1.29, 1.82) is 0 Å². The summed E-state index contributed by atoms with van der Waals surface area (Å²) in [7, 11) is 1.41.